The number of hydrogen-bond donors (Lipinski definition) is 2. The molecule has 220 valence electrons. The van der Waals surface area contributed by atoms with Crippen molar-refractivity contribution < 1.29 is 13.6 Å². The van der Waals surface area contributed by atoms with Crippen LogP contribution in [0.25, 0.3) is 27.9 Å². The van der Waals surface area contributed by atoms with Crippen LogP contribution >= 0.6 is 0 Å². The Kier molecular flexibility index (Phi) is 6.82. The number of anilines is 2. The van der Waals surface area contributed by atoms with Crippen LogP contribution < -0.4 is 11.1 Å². The van der Waals surface area contributed by atoms with Crippen molar-refractivity contribution in [2.24, 2.45) is 0 Å². The number of fused-ring (bicyclic) bond motifs is 1. The van der Waals surface area contributed by atoms with Crippen LogP contribution in [-0.4, -0.2) is 42.2 Å². The average molecular weight is 590 g/mol. The number of nitrogens with zero attached hydrogens (tertiary/aromatic N) is 5. The van der Waals surface area contributed by atoms with Gasteiger partial charge in [0.25, 0.3) is 5.91 Å². The van der Waals surface area contributed by atoms with Gasteiger partial charge in [0.1, 0.15) is 40.3 Å². The number of amides is 1. The van der Waals surface area contributed by atoms with E-state index in [1.807, 2.05) is 17.5 Å². The van der Waals surface area contributed by atoms with Gasteiger partial charge in [-0.2, -0.15) is 0 Å². The van der Waals surface area contributed by atoms with E-state index in [1.165, 1.54) is 18.2 Å². The molecule has 8 nitrogen and oxygen atoms in total. The Morgan fingerprint density at radius 1 is 1.05 bits per heavy atom. The van der Waals surface area contributed by atoms with Crippen molar-refractivity contribution in [1.29, 1.82) is 0 Å². The molecular formula is C34H29F2N7O. The third-order valence-corrected chi connectivity index (χ3v) is 8.70. The topological polar surface area (TPSA) is 101 Å². The Balaban J connectivity index is 1.19. The Hall–Kier alpha value is -5.14. The molecule has 0 unspecified atom stereocenters. The maximum Gasteiger partial charge on any atom is 0.256 e. The second kappa shape index (κ2) is 10.8. The second-order valence-corrected chi connectivity index (χ2v) is 11.3. The largest absolute Gasteiger partial charge is 0.382 e. The van der Waals surface area contributed by atoms with E-state index >= 15 is 4.39 Å². The fraction of sp³-hybridized carbons (Fsp3) is 0.235. The van der Waals surface area contributed by atoms with E-state index in [2.05, 4.69) is 32.0 Å². The van der Waals surface area contributed by atoms with Crippen LogP contribution in [0.3, 0.4) is 0 Å². The Morgan fingerprint density at radius 2 is 1.86 bits per heavy atom. The number of pyridine rings is 1. The second-order valence-electron chi connectivity index (χ2n) is 11.3. The molecule has 2 aliphatic rings. The number of nitrogens with one attached hydrogen (secondary N) is 1. The molecule has 1 amide bonds. The number of imidazole rings is 1. The van der Waals surface area contributed by atoms with E-state index in [4.69, 9.17) is 10.7 Å². The molecule has 2 aromatic carbocycles. The van der Waals surface area contributed by atoms with Crippen LogP contribution in [0.15, 0.2) is 73.2 Å². The van der Waals surface area contributed by atoms with Crippen molar-refractivity contribution in [3.63, 3.8) is 0 Å². The lowest BCUT2D eigenvalue weighted by atomic mass is 10.1. The number of aromatic nitrogens is 4. The maximum absolute atomic E-state index is 15.8. The fourth-order valence-electron chi connectivity index (χ4n) is 6.30. The van der Waals surface area contributed by atoms with Crippen LogP contribution in [0.4, 0.5) is 20.4 Å². The van der Waals surface area contributed by atoms with Gasteiger partial charge in [0.05, 0.1) is 12.6 Å². The van der Waals surface area contributed by atoms with Gasteiger partial charge in [0.2, 0.25) is 0 Å². The summed E-state index contributed by atoms with van der Waals surface area (Å²) in [5.74, 6) is 6.07. The van der Waals surface area contributed by atoms with Gasteiger partial charge >= 0.3 is 0 Å². The monoisotopic (exact) mass is 589 g/mol. The molecular weight excluding hydrogens is 560 g/mol. The quantitative estimate of drug-likeness (QED) is 0.227. The molecule has 0 radical (unpaired) electrons. The smallest absolute Gasteiger partial charge is 0.256 e. The fourth-order valence-corrected chi connectivity index (χ4v) is 6.30. The highest BCUT2D eigenvalue weighted by atomic mass is 19.1. The van der Waals surface area contributed by atoms with Crippen molar-refractivity contribution in [3.8, 4) is 34.2 Å². The molecule has 44 heavy (non-hydrogen) atoms. The van der Waals surface area contributed by atoms with Gasteiger partial charge in [-0.3, -0.25) is 14.1 Å². The molecule has 3 N–H and O–H groups in total. The number of nitrogen functional groups attached to an aromatic ring is 1. The highest BCUT2D eigenvalue weighted by Crippen LogP contribution is 2.56. The minimum atomic E-state index is -0.612. The number of benzene rings is 2. The predicted octanol–water partition coefficient (Wildman–Crippen LogP) is 6.26. The summed E-state index contributed by atoms with van der Waals surface area (Å²) < 4.78 is 31.1. The van der Waals surface area contributed by atoms with Crippen molar-refractivity contribution in [2.45, 2.75) is 44.2 Å². The van der Waals surface area contributed by atoms with Crippen molar-refractivity contribution >= 4 is 23.1 Å². The highest BCUT2D eigenvalue weighted by molar-refractivity contribution is 6.04. The molecule has 1 saturated carbocycles. The zero-order valence-corrected chi connectivity index (χ0v) is 24.0. The van der Waals surface area contributed by atoms with Gasteiger partial charge in [-0.25, -0.2) is 23.7 Å². The number of halogens is 2. The highest BCUT2D eigenvalue weighted by Gasteiger charge is 2.55. The SMILES string of the molecule is CC#CCN1[C@H](c2nc(-c3ccc(C(=O)Nc4cc(-c5ccc(F)cc5)ccn4)cc3F)c3c(N)nccn23)CCC12CC2. The Bertz CT molecular complexity index is 1970. The molecule has 2 fully saturated rings. The van der Waals surface area contributed by atoms with E-state index in [0.29, 0.717) is 17.8 Å². The van der Waals surface area contributed by atoms with Crippen molar-refractivity contribution in [1.82, 2.24) is 24.3 Å². The Labute approximate surface area is 253 Å². The number of rotatable bonds is 6. The standard InChI is InChI=1S/C34H29F2N7O/c1-2-3-17-43-27(10-12-34(43)13-14-34)32-41-29(30-31(37)39-16-18-42(30)32)25-9-6-23(19-26(25)36)33(44)40-28-20-22(11-15-38-28)21-4-7-24(35)8-5-21/h4-9,11,15-16,18-20,27H,10,12-14,17H2,1H3,(H2,37,39)(H,38,40,44)/t27-/m0/s1. The molecule has 1 aliphatic carbocycles. The van der Waals surface area contributed by atoms with E-state index in [-0.39, 0.29) is 40.2 Å². The number of likely N-dealkylation sites (tertiary alicyclic amines) is 1. The predicted molar refractivity (Wildman–Crippen MR) is 164 cm³/mol. The first-order chi connectivity index (χ1) is 21.4. The lowest BCUT2D eigenvalue weighted by Crippen LogP contribution is -2.34. The summed E-state index contributed by atoms with van der Waals surface area (Å²) in [5.41, 5.74) is 9.27. The van der Waals surface area contributed by atoms with Crippen LogP contribution in [-0.2, 0) is 0 Å². The molecule has 3 aromatic heterocycles. The molecule has 1 atom stereocenters. The molecule has 1 spiro atoms. The molecule has 7 rings (SSSR count). The molecule has 4 heterocycles. The summed E-state index contributed by atoms with van der Waals surface area (Å²) in [5, 5.41) is 2.72. The van der Waals surface area contributed by atoms with Crippen molar-refractivity contribution in [2.75, 3.05) is 17.6 Å². The van der Waals surface area contributed by atoms with E-state index in [1.54, 1.807) is 48.8 Å². The minimum Gasteiger partial charge on any atom is -0.382 e. The third-order valence-electron chi connectivity index (χ3n) is 8.70. The van der Waals surface area contributed by atoms with E-state index < -0.39 is 11.7 Å². The summed E-state index contributed by atoms with van der Waals surface area (Å²) in [6, 6.07) is 13.7. The molecule has 0 bridgehead atoms. The minimum absolute atomic E-state index is 0.00712. The van der Waals surface area contributed by atoms with Gasteiger partial charge < -0.3 is 11.1 Å². The molecule has 1 aliphatic heterocycles. The zero-order chi connectivity index (χ0) is 30.4. The lowest BCUT2D eigenvalue weighted by Gasteiger charge is -2.27. The third kappa shape index (κ3) is 4.85. The molecule has 5 aromatic rings. The molecule has 1 saturated heterocycles. The first-order valence-corrected chi connectivity index (χ1v) is 14.5. The van der Waals surface area contributed by atoms with Crippen LogP contribution in [0, 0.1) is 23.5 Å². The summed E-state index contributed by atoms with van der Waals surface area (Å²) in [6.07, 6.45) is 9.24. The summed E-state index contributed by atoms with van der Waals surface area (Å²) >= 11 is 0. The lowest BCUT2D eigenvalue weighted by molar-refractivity contribution is 0.102. The van der Waals surface area contributed by atoms with Crippen LogP contribution in [0.2, 0.25) is 0 Å². The van der Waals surface area contributed by atoms with Gasteiger partial charge in [-0.1, -0.05) is 18.1 Å². The number of carbonyl (C=O) groups is 1. The van der Waals surface area contributed by atoms with Gasteiger partial charge in [0, 0.05) is 35.3 Å². The summed E-state index contributed by atoms with van der Waals surface area (Å²) in [4.78, 5) is 29.0. The first-order valence-electron chi connectivity index (χ1n) is 14.5. The van der Waals surface area contributed by atoms with Gasteiger partial charge in [-0.05, 0) is 86.2 Å². The number of carbonyl (C=O) groups excluding carboxylic acids is 1. The number of hydrogen-bond acceptors (Lipinski definition) is 6. The van der Waals surface area contributed by atoms with Gasteiger partial charge in [0.15, 0.2) is 0 Å². The normalized spacial score (nSPS) is 17.0. The van der Waals surface area contributed by atoms with Gasteiger partial charge in [-0.15, -0.1) is 5.92 Å². The van der Waals surface area contributed by atoms with E-state index in [9.17, 15) is 9.18 Å². The van der Waals surface area contributed by atoms with E-state index in [0.717, 1.165) is 42.6 Å². The van der Waals surface area contributed by atoms with Crippen LogP contribution in [0.1, 0.15) is 54.8 Å². The first kappa shape index (κ1) is 27.7. The van der Waals surface area contributed by atoms with Crippen molar-refractivity contribution in [3.05, 3.63) is 96.2 Å². The summed E-state index contributed by atoms with van der Waals surface area (Å²) in [6.45, 7) is 2.49. The molecule has 10 heteroatoms. The Morgan fingerprint density at radius 3 is 2.61 bits per heavy atom. The zero-order valence-electron chi connectivity index (χ0n) is 24.0. The van der Waals surface area contributed by atoms with Crippen LogP contribution in [0.5, 0.6) is 0 Å². The number of nitrogens with two attached hydrogens (primary N) is 1. The summed E-state index contributed by atoms with van der Waals surface area (Å²) in [7, 11) is 0. The maximum atomic E-state index is 15.8. The average Bonchev–Trinajstić information content (AvgIpc) is 3.58.